The van der Waals surface area contributed by atoms with E-state index in [-0.39, 0.29) is 6.10 Å². The first-order chi connectivity index (χ1) is 13.1. The third-order valence-electron chi connectivity index (χ3n) is 4.68. The minimum absolute atomic E-state index is 0.309. The summed E-state index contributed by atoms with van der Waals surface area (Å²) in [5, 5.41) is 18.4. The topological polar surface area (TPSA) is 112 Å². The molecule has 0 saturated carbocycles. The second kappa shape index (κ2) is 7.13. The molecule has 3 aromatic rings. The Morgan fingerprint density at radius 3 is 2.81 bits per heavy atom. The van der Waals surface area contributed by atoms with E-state index in [1.54, 1.807) is 30.9 Å². The van der Waals surface area contributed by atoms with Crippen LogP contribution in [0.3, 0.4) is 0 Å². The SMILES string of the molecule is N=C(c1ccnc(N2CCC(O)C2)c1)c1cc(-c2cccnc2)ncc1N. The van der Waals surface area contributed by atoms with Crippen LogP contribution >= 0.6 is 0 Å². The maximum atomic E-state index is 9.75. The molecule has 1 aliphatic heterocycles. The Kier molecular flexibility index (Phi) is 4.52. The standard InChI is InChI=1S/C20H20N6O/c21-17-11-25-18(14-2-1-5-23-10-14)9-16(17)20(22)13-3-6-24-19(8-13)26-7-4-15(27)12-26/h1-3,5-6,8-11,15,22,27H,4,7,12,21H2. The van der Waals surface area contributed by atoms with Crippen LogP contribution in [0.15, 0.2) is 55.1 Å². The van der Waals surface area contributed by atoms with Crippen LogP contribution < -0.4 is 10.6 Å². The highest BCUT2D eigenvalue weighted by Crippen LogP contribution is 2.25. The number of β-amino-alcohol motifs (C(OH)–C–C–N with tert-alkyl or cyclic N) is 1. The molecular formula is C20H20N6O. The summed E-state index contributed by atoms with van der Waals surface area (Å²) >= 11 is 0. The summed E-state index contributed by atoms with van der Waals surface area (Å²) < 4.78 is 0. The Labute approximate surface area is 157 Å². The third-order valence-corrected chi connectivity index (χ3v) is 4.68. The molecule has 136 valence electrons. The van der Waals surface area contributed by atoms with Crippen molar-refractivity contribution in [2.75, 3.05) is 23.7 Å². The highest BCUT2D eigenvalue weighted by molar-refractivity contribution is 6.14. The van der Waals surface area contributed by atoms with Gasteiger partial charge in [-0.1, -0.05) is 0 Å². The zero-order valence-electron chi connectivity index (χ0n) is 14.7. The minimum atomic E-state index is -0.326. The van der Waals surface area contributed by atoms with Gasteiger partial charge in [-0.05, 0) is 36.8 Å². The van der Waals surface area contributed by atoms with Crippen molar-refractivity contribution < 1.29 is 5.11 Å². The number of hydrogen-bond donors (Lipinski definition) is 3. The van der Waals surface area contributed by atoms with Gasteiger partial charge in [-0.15, -0.1) is 0 Å². The molecular weight excluding hydrogens is 340 g/mol. The van der Waals surface area contributed by atoms with E-state index in [1.807, 2.05) is 29.2 Å². The van der Waals surface area contributed by atoms with Crippen molar-refractivity contribution in [3.8, 4) is 11.3 Å². The number of aliphatic hydroxyl groups excluding tert-OH is 1. The lowest BCUT2D eigenvalue weighted by molar-refractivity contribution is 0.198. The van der Waals surface area contributed by atoms with Crippen LogP contribution in [0.2, 0.25) is 0 Å². The van der Waals surface area contributed by atoms with Crippen molar-refractivity contribution in [3.05, 3.63) is 66.2 Å². The van der Waals surface area contributed by atoms with Gasteiger partial charge in [0.25, 0.3) is 0 Å². The monoisotopic (exact) mass is 360 g/mol. The second-order valence-electron chi connectivity index (χ2n) is 6.56. The lowest BCUT2D eigenvalue weighted by atomic mass is 10.0. The van der Waals surface area contributed by atoms with E-state index in [0.717, 1.165) is 29.9 Å². The van der Waals surface area contributed by atoms with Gasteiger partial charge in [0.1, 0.15) is 5.82 Å². The molecule has 3 aromatic heterocycles. The summed E-state index contributed by atoms with van der Waals surface area (Å²) in [6.07, 6.45) is 7.10. The molecule has 7 nitrogen and oxygen atoms in total. The molecule has 1 unspecified atom stereocenters. The first kappa shape index (κ1) is 17.1. The van der Waals surface area contributed by atoms with Crippen molar-refractivity contribution >= 4 is 17.2 Å². The normalized spacial score (nSPS) is 16.5. The van der Waals surface area contributed by atoms with E-state index in [9.17, 15) is 5.11 Å². The average Bonchev–Trinajstić information content (AvgIpc) is 3.15. The summed E-state index contributed by atoms with van der Waals surface area (Å²) in [5.41, 5.74) is 9.78. The van der Waals surface area contributed by atoms with Gasteiger partial charge in [0.2, 0.25) is 0 Å². The Balaban J connectivity index is 1.67. The summed E-state index contributed by atoms with van der Waals surface area (Å²) in [4.78, 5) is 14.9. The number of nitrogens with two attached hydrogens (primary N) is 1. The number of nitrogens with one attached hydrogen (secondary N) is 1. The van der Waals surface area contributed by atoms with Crippen LogP contribution in [-0.4, -0.2) is 45.0 Å². The fraction of sp³-hybridized carbons (Fsp3) is 0.200. The van der Waals surface area contributed by atoms with Crippen molar-refractivity contribution in [1.29, 1.82) is 5.41 Å². The molecule has 1 saturated heterocycles. The van der Waals surface area contributed by atoms with Crippen LogP contribution in [0.5, 0.6) is 0 Å². The minimum Gasteiger partial charge on any atom is -0.397 e. The Hall–Kier alpha value is -3.32. The van der Waals surface area contributed by atoms with Crippen LogP contribution in [0, 0.1) is 5.41 Å². The molecule has 0 spiro atoms. The van der Waals surface area contributed by atoms with Gasteiger partial charge in [-0.3, -0.25) is 15.4 Å². The van der Waals surface area contributed by atoms with E-state index >= 15 is 0 Å². The summed E-state index contributed by atoms with van der Waals surface area (Å²) in [5.74, 6) is 0.758. The Morgan fingerprint density at radius 1 is 1.19 bits per heavy atom. The molecule has 1 aliphatic rings. The highest BCUT2D eigenvalue weighted by atomic mass is 16.3. The highest BCUT2D eigenvalue weighted by Gasteiger charge is 2.22. The largest absolute Gasteiger partial charge is 0.397 e. The van der Waals surface area contributed by atoms with Gasteiger partial charge < -0.3 is 15.7 Å². The lowest BCUT2D eigenvalue weighted by Crippen LogP contribution is -2.22. The first-order valence-corrected chi connectivity index (χ1v) is 8.76. The van der Waals surface area contributed by atoms with E-state index in [0.29, 0.717) is 29.2 Å². The zero-order chi connectivity index (χ0) is 18.8. The number of hydrogen-bond acceptors (Lipinski definition) is 7. The quantitative estimate of drug-likeness (QED) is 0.614. The number of nitrogens with zero attached hydrogens (tertiary/aromatic N) is 4. The van der Waals surface area contributed by atoms with E-state index < -0.39 is 0 Å². The number of rotatable bonds is 4. The number of aliphatic hydroxyl groups is 1. The van der Waals surface area contributed by atoms with Crippen molar-refractivity contribution in [3.63, 3.8) is 0 Å². The Bertz CT molecular complexity index is 975. The molecule has 4 rings (SSSR count). The van der Waals surface area contributed by atoms with E-state index in [2.05, 4.69) is 15.0 Å². The molecule has 0 amide bonds. The summed E-state index contributed by atoms with van der Waals surface area (Å²) in [7, 11) is 0. The number of anilines is 2. The van der Waals surface area contributed by atoms with Crippen LogP contribution in [-0.2, 0) is 0 Å². The summed E-state index contributed by atoms with van der Waals surface area (Å²) in [6.45, 7) is 1.32. The molecule has 4 heterocycles. The maximum absolute atomic E-state index is 9.75. The zero-order valence-corrected chi connectivity index (χ0v) is 14.7. The van der Waals surface area contributed by atoms with Gasteiger partial charge in [-0.2, -0.15) is 0 Å². The van der Waals surface area contributed by atoms with E-state index in [4.69, 9.17) is 11.1 Å². The van der Waals surface area contributed by atoms with Gasteiger partial charge in [0.15, 0.2) is 0 Å². The Morgan fingerprint density at radius 2 is 2.07 bits per heavy atom. The maximum Gasteiger partial charge on any atom is 0.129 e. The van der Waals surface area contributed by atoms with Gasteiger partial charge in [0, 0.05) is 48.4 Å². The third kappa shape index (κ3) is 3.50. The predicted molar refractivity (Wildman–Crippen MR) is 105 cm³/mol. The van der Waals surface area contributed by atoms with Crippen LogP contribution in [0.4, 0.5) is 11.5 Å². The summed E-state index contributed by atoms with van der Waals surface area (Å²) in [6, 6.07) is 9.24. The molecule has 0 aromatic carbocycles. The lowest BCUT2D eigenvalue weighted by Gasteiger charge is -2.17. The molecule has 0 bridgehead atoms. The fourth-order valence-corrected chi connectivity index (χ4v) is 3.21. The molecule has 0 radical (unpaired) electrons. The molecule has 0 aliphatic carbocycles. The molecule has 1 fully saturated rings. The molecule has 7 heteroatoms. The number of nitrogen functional groups attached to an aromatic ring is 1. The number of pyridine rings is 3. The molecule has 27 heavy (non-hydrogen) atoms. The number of aromatic nitrogens is 3. The smallest absolute Gasteiger partial charge is 0.129 e. The molecule has 1 atom stereocenters. The van der Waals surface area contributed by atoms with Gasteiger partial charge in [0.05, 0.1) is 29.4 Å². The van der Waals surface area contributed by atoms with Gasteiger partial charge >= 0.3 is 0 Å². The fourth-order valence-electron chi connectivity index (χ4n) is 3.21. The van der Waals surface area contributed by atoms with Crippen LogP contribution in [0.25, 0.3) is 11.3 Å². The van der Waals surface area contributed by atoms with E-state index in [1.165, 1.54) is 0 Å². The van der Waals surface area contributed by atoms with Crippen molar-refractivity contribution in [2.24, 2.45) is 0 Å². The molecule has 4 N–H and O–H groups in total. The average molecular weight is 360 g/mol. The first-order valence-electron chi connectivity index (χ1n) is 8.76. The van der Waals surface area contributed by atoms with Gasteiger partial charge in [-0.25, -0.2) is 4.98 Å². The predicted octanol–water partition coefficient (Wildman–Crippen LogP) is 2.11. The van der Waals surface area contributed by atoms with Crippen LogP contribution in [0.1, 0.15) is 17.5 Å². The van der Waals surface area contributed by atoms with Crippen molar-refractivity contribution in [1.82, 2.24) is 15.0 Å². The second-order valence-corrected chi connectivity index (χ2v) is 6.56. The van der Waals surface area contributed by atoms with Crippen molar-refractivity contribution in [2.45, 2.75) is 12.5 Å².